The van der Waals surface area contributed by atoms with Crippen LogP contribution in [0.15, 0.2) is 73.1 Å². The van der Waals surface area contributed by atoms with E-state index in [1.807, 2.05) is 47.4 Å². The number of hydrogen-bond acceptors (Lipinski definition) is 5. The number of benzene rings is 2. The van der Waals surface area contributed by atoms with Crippen molar-refractivity contribution in [3.63, 3.8) is 0 Å². The number of carbonyl (C=O) groups excluding carboxylic acids is 2. The Kier molecular flexibility index (Phi) is 6.33. The van der Waals surface area contributed by atoms with Crippen molar-refractivity contribution in [3.05, 3.63) is 83.6 Å². The van der Waals surface area contributed by atoms with Crippen LogP contribution in [0.3, 0.4) is 0 Å². The van der Waals surface area contributed by atoms with Crippen molar-refractivity contribution < 1.29 is 9.59 Å². The number of aromatic nitrogens is 2. The molecule has 0 bridgehead atoms. The van der Waals surface area contributed by atoms with Crippen LogP contribution >= 0.6 is 11.6 Å². The summed E-state index contributed by atoms with van der Waals surface area (Å²) in [5.41, 5.74) is 2.59. The first-order valence-corrected chi connectivity index (χ1v) is 11.8. The molecule has 1 saturated heterocycles. The molecule has 7 nitrogen and oxygen atoms in total. The van der Waals surface area contributed by atoms with E-state index in [4.69, 9.17) is 11.6 Å². The van der Waals surface area contributed by atoms with E-state index in [-0.39, 0.29) is 11.8 Å². The van der Waals surface area contributed by atoms with E-state index in [0.29, 0.717) is 42.5 Å². The molecule has 2 aromatic heterocycles. The molecular formula is C27H24ClN5O2. The summed E-state index contributed by atoms with van der Waals surface area (Å²) in [5.74, 6) is 0.622. The molecule has 0 radical (unpaired) electrons. The third kappa shape index (κ3) is 4.81. The van der Waals surface area contributed by atoms with Crippen LogP contribution < -0.4 is 10.2 Å². The summed E-state index contributed by atoms with van der Waals surface area (Å²) in [7, 11) is 0. The predicted octanol–water partition coefficient (Wildman–Crippen LogP) is 4.87. The second kappa shape index (κ2) is 9.72. The first-order valence-electron chi connectivity index (χ1n) is 11.4. The lowest BCUT2D eigenvalue weighted by molar-refractivity contribution is -0.129. The van der Waals surface area contributed by atoms with Gasteiger partial charge in [0, 0.05) is 62.1 Å². The maximum atomic E-state index is 12.9. The Labute approximate surface area is 208 Å². The van der Waals surface area contributed by atoms with Gasteiger partial charge in [0.05, 0.1) is 16.3 Å². The fourth-order valence-electron chi connectivity index (χ4n) is 4.28. The van der Waals surface area contributed by atoms with Gasteiger partial charge in [-0.25, -0.2) is 4.98 Å². The summed E-state index contributed by atoms with van der Waals surface area (Å²) in [6.07, 6.45) is 3.33. The van der Waals surface area contributed by atoms with Crippen molar-refractivity contribution >= 4 is 45.7 Å². The Morgan fingerprint density at radius 1 is 0.943 bits per heavy atom. The normalized spacial score (nSPS) is 13.7. The minimum absolute atomic E-state index is 0.0891. The smallest absolute Gasteiger partial charge is 0.257 e. The number of rotatable bonds is 4. The molecule has 35 heavy (non-hydrogen) atoms. The van der Waals surface area contributed by atoms with Crippen molar-refractivity contribution in [2.24, 2.45) is 0 Å². The van der Waals surface area contributed by atoms with Crippen LogP contribution in [-0.4, -0.2) is 52.9 Å². The first-order chi connectivity index (χ1) is 17.0. The molecule has 1 fully saturated rings. The molecule has 1 aliphatic rings. The number of amides is 2. The zero-order chi connectivity index (χ0) is 24.4. The van der Waals surface area contributed by atoms with Crippen LogP contribution in [0.25, 0.3) is 22.0 Å². The Balaban J connectivity index is 1.32. The van der Waals surface area contributed by atoms with E-state index in [1.165, 1.54) is 0 Å². The van der Waals surface area contributed by atoms with Gasteiger partial charge in [-0.3, -0.25) is 14.6 Å². The molecule has 0 atom stereocenters. The van der Waals surface area contributed by atoms with E-state index in [1.54, 1.807) is 37.5 Å². The highest BCUT2D eigenvalue weighted by Gasteiger charge is 2.20. The summed E-state index contributed by atoms with van der Waals surface area (Å²) < 4.78 is 0. The highest BCUT2D eigenvalue weighted by Crippen LogP contribution is 2.33. The number of hydrogen-bond donors (Lipinski definition) is 1. The monoisotopic (exact) mass is 485 g/mol. The summed E-state index contributed by atoms with van der Waals surface area (Å²) in [6.45, 7) is 4.36. The lowest BCUT2D eigenvalue weighted by Gasteiger charge is -2.34. The molecule has 0 saturated carbocycles. The number of nitrogens with one attached hydrogen (secondary N) is 1. The van der Waals surface area contributed by atoms with E-state index in [0.717, 1.165) is 27.8 Å². The van der Waals surface area contributed by atoms with Gasteiger partial charge in [-0.2, -0.15) is 0 Å². The van der Waals surface area contributed by atoms with Gasteiger partial charge in [-0.1, -0.05) is 35.9 Å². The highest BCUT2D eigenvalue weighted by molar-refractivity contribution is 6.33. The van der Waals surface area contributed by atoms with Gasteiger partial charge >= 0.3 is 0 Å². The third-order valence-electron chi connectivity index (χ3n) is 6.21. The lowest BCUT2D eigenvalue weighted by atomic mass is 10.0. The molecule has 4 aromatic rings. The Morgan fingerprint density at radius 3 is 2.49 bits per heavy atom. The van der Waals surface area contributed by atoms with Crippen molar-refractivity contribution in [3.8, 4) is 11.3 Å². The third-order valence-corrected chi connectivity index (χ3v) is 6.54. The molecule has 0 aliphatic carbocycles. The maximum absolute atomic E-state index is 12.9. The SMILES string of the molecule is CC(=O)N1CCN(c2ccc(C(=O)Nc3ccc(Cl)c(-c4nccc5ccccc45)c3)cn2)CC1. The number of pyridine rings is 2. The van der Waals surface area contributed by atoms with Gasteiger partial charge in [-0.15, -0.1) is 0 Å². The van der Waals surface area contributed by atoms with Crippen molar-refractivity contribution in [2.45, 2.75) is 6.92 Å². The van der Waals surface area contributed by atoms with Crippen LogP contribution in [0.1, 0.15) is 17.3 Å². The summed E-state index contributed by atoms with van der Waals surface area (Å²) in [6, 6.07) is 18.9. The maximum Gasteiger partial charge on any atom is 0.257 e. The molecule has 3 heterocycles. The van der Waals surface area contributed by atoms with Crippen molar-refractivity contribution in [1.29, 1.82) is 0 Å². The molecular weight excluding hydrogens is 462 g/mol. The summed E-state index contributed by atoms with van der Waals surface area (Å²) in [5, 5.41) is 5.55. The largest absolute Gasteiger partial charge is 0.353 e. The van der Waals surface area contributed by atoms with Gasteiger partial charge in [0.25, 0.3) is 5.91 Å². The molecule has 1 N–H and O–H groups in total. The minimum Gasteiger partial charge on any atom is -0.353 e. The van der Waals surface area contributed by atoms with E-state index < -0.39 is 0 Å². The number of anilines is 2. The van der Waals surface area contributed by atoms with Crippen LogP contribution in [0.2, 0.25) is 5.02 Å². The molecule has 0 unspecified atom stereocenters. The van der Waals surface area contributed by atoms with Gasteiger partial charge in [-0.05, 0) is 41.8 Å². The fraction of sp³-hybridized carbons (Fsp3) is 0.185. The number of carbonyl (C=O) groups is 2. The summed E-state index contributed by atoms with van der Waals surface area (Å²) in [4.78, 5) is 37.4. The molecule has 2 amide bonds. The molecule has 8 heteroatoms. The minimum atomic E-state index is -0.260. The van der Waals surface area contributed by atoms with E-state index in [2.05, 4.69) is 20.2 Å². The Hall–Kier alpha value is -3.97. The van der Waals surface area contributed by atoms with Crippen molar-refractivity contribution in [2.75, 3.05) is 36.4 Å². The molecule has 1 aliphatic heterocycles. The molecule has 2 aromatic carbocycles. The zero-order valence-corrected chi connectivity index (χ0v) is 20.0. The number of piperazine rings is 1. The molecule has 0 spiro atoms. The quantitative estimate of drug-likeness (QED) is 0.446. The van der Waals surface area contributed by atoms with Gasteiger partial charge < -0.3 is 15.1 Å². The highest BCUT2D eigenvalue weighted by atomic mass is 35.5. The van der Waals surface area contributed by atoms with Gasteiger partial charge in [0.1, 0.15) is 5.82 Å². The van der Waals surface area contributed by atoms with Crippen molar-refractivity contribution in [1.82, 2.24) is 14.9 Å². The Bertz CT molecular complexity index is 1390. The first kappa shape index (κ1) is 22.8. The molecule has 5 rings (SSSR count). The lowest BCUT2D eigenvalue weighted by Crippen LogP contribution is -2.48. The topological polar surface area (TPSA) is 78.4 Å². The second-order valence-electron chi connectivity index (χ2n) is 8.43. The Morgan fingerprint density at radius 2 is 1.74 bits per heavy atom. The second-order valence-corrected chi connectivity index (χ2v) is 8.83. The van der Waals surface area contributed by atoms with Crippen LogP contribution in [-0.2, 0) is 4.79 Å². The number of fused-ring (bicyclic) bond motifs is 1. The van der Waals surface area contributed by atoms with E-state index >= 15 is 0 Å². The van der Waals surface area contributed by atoms with Crippen LogP contribution in [0.5, 0.6) is 0 Å². The van der Waals surface area contributed by atoms with Crippen LogP contribution in [0, 0.1) is 0 Å². The average Bonchev–Trinajstić information content (AvgIpc) is 2.89. The number of halogens is 1. The zero-order valence-electron chi connectivity index (χ0n) is 19.2. The predicted molar refractivity (Wildman–Crippen MR) is 139 cm³/mol. The van der Waals surface area contributed by atoms with E-state index in [9.17, 15) is 9.59 Å². The van der Waals surface area contributed by atoms with Gasteiger partial charge in [0.2, 0.25) is 5.91 Å². The standard InChI is InChI=1S/C27H24ClN5O2/c1-18(34)32-12-14-33(15-13-32)25-9-6-20(17-30-25)27(35)31-21-7-8-24(28)23(16-21)26-22-5-3-2-4-19(22)10-11-29-26/h2-11,16-17H,12-15H2,1H3,(H,31,35). The summed E-state index contributed by atoms with van der Waals surface area (Å²) >= 11 is 6.51. The van der Waals surface area contributed by atoms with Crippen LogP contribution in [0.4, 0.5) is 11.5 Å². The average molecular weight is 486 g/mol. The van der Waals surface area contributed by atoms with Gasteiger partial charge in [0.15, 0.2) is 0 Å². The molecule has 176 valence electrons. The fourth-order valence-corrected chi connectivity index (χ4v) is 4.49. The number of nitrogens with zero attached hydrogens (tertiary/aromatic N) is 4.